The van der Waals surface area contributed by atoms with Crippen LogP contribution < -0.4 is 4.74 Å². The number of hydrogen-bond donors (Lipinski definition) is 2. The summed E-state index contributed by atoms with van der Waals surface area (Å²) in [7, 11) is 1.48. The van der Waals surface area contributed by atoms with Crippen molar-refractivity contribution in [1.82, 2.24) is 15.0 Å². The van der Waals surface area contributed by atoms with Crippen molar-refractivity contribution >= 4 is 21.8 Å². The van der Waals surface area contributed by atoms with Gasteiger partial charge in [-0.2, -0.15) is 10.5 Å². The van der Waals surface area contributed by atoms with E-state index in [1.165, 1.54) is 7.11 Å². The largest absolute Gasteiger partial charge is 0.480 e. The van der Waals surface area contributed by atoms with Gasteiger partial charge in [-0.15, -0.1) is 0 Å². The molecule has 0 saturated carbocycles. The summed E-state index contributed by atoms with van der Waals surface area (Å²) in [5.41, 5.74) is 4.98. The van der Waals surface area contributed by atoms with Crippen LogP contribution in [-0.4, -0.2) is 22.1 Å². The molecule has 3 aromatic heterocycles. The van der Waals surface area contributed by atoms with Gasteiger partial charge in [-0.25, -0.2) is 4.98 Å². The van der Waals surface area contributed by atoms with Crippen molar-refractivity contribution in [1.29, 1.82) is 10.5 Å². The van der Waals surface area contributed by atoms with Crippen LogP contribution in [0.3, 0.4) is 0 Å². The molecule has 2 aromatic carbocycles. The Morgan fingerprint density at radius 3 is 1.97 bits per heavy atom. The Labute approximate surface area is 172 Å². The highest BCUT2D eigenvalue weighted by Gasteiger charge is 2.25. The lowest BCUT2D eigenvalue weighted by Crippen LogP contribution is -2.02. The first-order chi connectivity index (χ1) is 14.8. The summed E-state index contributed by atoms with van der Waals surface area (Å²) in [5.74, 6) is 0.192. The van der Waals surface area contributed by atoms with Crippen molar-refractivity contribution in [3.05, 3.63) is 72.1 Å². The third-order valence-electron chi connectivity index (χ3n) is 5.28. The molecule has 0 unspecified atom stereocenters. The number of para-hydroxylation sites is 2. The average Bonchev–Trinajstić information content (AvgIpc) is 3.42. The van der Waals surface area contributed by atoms with Gasteiger partial charge in [0.15, 0.2) is 0 Å². The molecular weight excluding hydrogens is 374 g/mol. The molecule has 6 heteroatoms. The lowest BCUT2D eigenvalue weighted by Gasteiger charge is -2.13. The number of hydrogen-bond acceptors (Lipinski definition) is 4. The SMILES string of the molecule is COc1nc(-c2c[nH]c3ccccc23)c(C#N)c(-c2c[nH]c3ccccc23)c1C#N. The second-order valence-corrected chi connectivity index (χ2v) is 6.81. The van der Waals surface area contributed by atoms with Gasteiger partial charge >= 0.3 is 0 Å². The van der Waals surface area contributed by atoms with E-state index in [9.17, 15) is 10.5 Å². The Hall–Kier alpha value is -4.55. The van der Waals surface area contributed by atoms with Crippen molar-refractivity contribution in [2.45, 2.75) is 0 Å². The molecule has 0 atom stereocenters. The van der Waals surface area contributed by atoms with Gasteiger partial charge in [-0.3, -0.25) is 0 Å². The quantitative estimate of drug-likeness (QED) is 0.446. The van der Waals surface area contributed by atoms with Gasteiger partial charge in [0.2, 0.25) is 5.88 Å². The van der Waals surface area contributed by atoms with Gasteiger partial charge in [-0.05, 0) is 12.1 Å². The molecule has 0 aliphatic rings. The molecule has 0 saturated heterocycles. The van der Waals surface area contributed by atoms with E-state index >= 15 is 0 Å². The highest BCUT2D eigenvalue weighted by molar-refractivity contribution is 6.02. The normalized spacial score (nSPS) is 10.8. The predicted octanol–water partition coefficient (Wildman–Crippen LogP) is 5.13. The number of H-pyrrole nitrogens is 2. The van der Waals surface area contributed by atoms with Gasteiger partial charge in [0.1, 0.15) is 17.7 Å². The molecule has 0 fully saturated rings. The van der Waals surface area contributed by atoms with Crippen LogP contribution in [0.1, 0.15) is 11.1 Å². The Morgan fingerprint density at radius 1 is 0.800 bits per heavy atom. The van der Waals surface area contributed by atoms with Crippen LogP contribution in [0, 0.1) is 22.7 Å². The minimum atomic E-state index is 0.192. The molecule has 142 valence electrons. The minimum absolute atomic E-state index is 0.192. The summed E-state index contributed by atoms with van der Waals surface area (Å²) in [5, 5.41) is 21.9. The van der Waals surface area contributed by atoms with Crippen molar-refractivity contribution in [3.63, 3.8) is 0 Å². The van der Waals surface area contributed by atoms with Crippen LogP contribution in [0.25, 0.3) is 44.2 Å². The molecule has 0 bridgehead atoms. The van der Waals surface area contributed by atoms with E-state index in [-0.39, 0.29) is 11.4 Å². The van der Waals surface area contributed by atoms with Gasteiger partial charge in [0.25, 0.3) is 0 Å². The van der Waals surface area contributed by atoms with Gasteiger partial charge in [-0.1, -0.05) is 36.4 Å². The molecule has 6 nitrogen and oxygen atoms in total. The number of nitrogens with zero attached hydrogens (tertiary/aromatic N) is 3. The summed E-state index contributed by atoms with van der Waals surface area (Å²) in [6.45, 7) is 0. The summed E-state index contributed by atoms with van der Waals surface area (Å²) in [6.07, 6.45) is 3.65. The Balaban J connectivity index is 1.92. The van der Waals surface area contributed by atoms with Crippen LogP contribution in [0.15, 0.2) is 60.9 Å². The fraction of sp³-hybridized carbons (Fsp3) is 0.0417. The topological polar surface area (TPSA) is 101 Å². The van der Waals surface area contributed by atoms with Gasteiger partial charge < -0.3 is 14.7 Å². The van der Waals surface area contributed by atoms with E-state index in [1.807, 2.05) is 60.9 Å². The molecule has 0 spiro atoms. The second-order valence-electron chi connectivity index (χ2n) is 6.81. The molecule has 0 aliphatic carbocycles. The predicted molar refractivity (Wildman–Crippen MR) is 115 cm³/mol. The summed E-state index contributed by atoms with van der Waals surface area (Å²) in [6, 6.07) is 20.1. The van der Waals surface area contributed by atoms with Crippen LogP contribution >= 0.6 is 0 Å². The molecule has 0 radical (unpaired) electrons. The molecular formula is C24H15N5O. The lowest BCUT2D eigenvalue weighted by molar-refractivity contribution is 0.397. The minimum Gasteiger partial charge on any atom is -0.480 e. The third kappa shape index (κ3) is 2.45. The number of nitrogens with one attached hydrogen (secondary N) is 2. The Kier molecular flexibility index (Phi) is 3.98. The van der Waals surface area contributed by atoms with Crippen LogP contribution in [0.4, 0.5) is 0 Å². The van der Waals surface area contributed by atoms with E-state index in [4.69, 9.17) is 4.74 Å². The van der Waals surface area contributed by atoms with Gasteiger partial charge in [0, 0.05) is 50.9 Å². The van der Waals surface area contributed by atoms with E-state index in [1.54, 1.807) is 0 Å². The van der Waals surface area contributed by atoms with E-state index < -0.39 is 0 Å². The molecule has 0 aliphatic heterocycles. The number of aromatic amines is 2. The fourth-order valence-corrected chi connectivity index (χ4v) is 3.93. The number of fused-ring (bicyclic) bond motifs is 2. The molecule has 30 heavy (non-hydrogen) atoms. The van der Waals surface area contributed by atoms with Crippen LogP contribution in [0.5, 0.6) is 5.88 Å². The Bertz CT molecular complexity index is 1510. The summed E-state index contributed by atoms with van der Waals surface area (Å²) >= 11 is 0. The summed E-state index contributed by atoms with van der Waals surface area (Å²) < 4.78 is 5.47. The van der Waals surface area contributed by atoms with Crippen molar-refractivity contribution in [3.8, 4) is 40.4 Å². The van der Waals surface area contributed by atoms with E-state index in [0.29, 0.717) is 16.8 Å². The van der Waals surface area contributed by atoms with E-state index in [2.05, 4.69) is 27.1 Å². The first kappa shape index (κ1) is 17.5. The number of pyridine rings is 1. The maximum atomic E-state index is 10.2. The van der Waals surface area contributed by atoms with E-state index in [0.717, 1.165) is 32.9 Å². The number of methoxy groups -OCH3 is 1. The van der Waals surface area contributed by atoms with Gasteiger partial charge in [0.05, 0.1) is 18.4 Å². The number of benzene rings is 2. The first-order valence-corrected chi connectivity index (χ1v) is 9.32. The van der Waals surface area contributed by atoms with Crippen molar-refractivity contribution < 1.29 is 4.74 Å². The zero-order valence-corrected chi connectivity index (χ0v) is 16.0. The average molecular weight is 389 g/mol. The highest BCUT2D eigenvalue weighted by atomic mass is 16.5. The van der Waals surface area contributed by atoms with Crippen molar-refractivity contribution in [2.24, 2.45) is 0 Å². The molecule has 5 aromatic rings. The number of nitriles is 2. The molecule has 5 rings (SSSR count). The second kappa shape index (κ2) is 6.80. The number of ether oxygens (including phenoxy) is 1. The van der Waals surface area contributed by atoms with Crippen molar-refractivity contribution in [2.75, 3.05) is 7.11 Å². The Morgan fingerprint density at radius 2 is 1.37 bits per heavy atom. The molecule has 3 heterocycles. The maximum absolute atomic E-state index is 10.2. The zero-order valence-electron chi connectivity index (χ0n) is 16.0. The monoisotopic (exact) mass is 389 g/mol. The maximum Gasteiger partial charge on any atom is 0.232 e. The summed E-state index contributed by atoms with van der Waals surface area (Å²) in [4.78, 5) is 11.0. The fourth-order valence-electron chi connectivity index (χ4n) is 3.93. The number of rotatable bonds is 3. The zero-order chi connectivity index (χ0) is 20.7. The van der Waals surface area contributed by atoms with Crippen LogP contribution in [-0.2, 0) is 0 Å². The number of aromatic nitrogens is 3. The molecule has 2 N–H and O–H groups in total. The molecule has 0 amide bonds. The first-order valence-electron chi connectivity index (χ1n) is 9.32. The van der Waals surface area contributed by atoms with Crippen LogP contribution in [0.2, 0.25) is 0 Å². The highest BCUT2D eigenvalue weighted by Crippen LogP contribution is 2.41. The lowest BCUT2D eigenvalue weighted by atomic mass is 9.92. The third-order valence-corrected chi connectivity index (χ3v) is 5.28. The standard InChI is InChI=1S/C24H15N5O/c1-30-24-17(11-26)22(18-12-27-20-8-4-2-6-14(18)20)16(10-25)23(29-24)19-13-28-21-9-5-3-7-15(19)21/h2-9,12-13,27-28H,1H3. The smallest absolute Gasteiger partial charge is 0.232 e.